The first-order valence-electron chi connectivity index (χ1n) is 15.3. The number of anilines is 1. The van der Waals surface area contributed by atoms with E-state index in [9.17, 15) is 22.4 Å². The van der Waals surface area contributed by atoms with Gasteiger partial charge in [-0.05, 0) is 98.8 Å². The minimum Gasteiger partial charge on any atom is -0.494 e. The number of nitrogens with zero attached hydrogens (tertiary/aromatic N) is 2. The first-order chi connectivity index (χ1) is 22.5. The second-order valence-electron chi connectivity index (χ2n) is 11.1. The third-order valence-corrected chi connectivity index (χ3v) is 9.86. The molecule has 4 rings (SSSR count). The lowest BCUT2D eigenvalue weighted by atomic mass is 10.0. The number of thioether (sulfide) groups is 1. The summed E-state index contributed by atoms with van der Waals surface area (Å²) < 4.78 is 48.9. The molecule has 248 valence electrons. The minimum atomic E-state index is -4.25. The van der Waals surface area contributed by atoms with Crippen LogP contribution in [0, 0.1) is 5.82 Å². The number of hydrogen-bond acceptors (Lipinski definition) is 6. The number of halogens is 1. The van der Waals surface area contributed by atoms with E-state index in [1.54, 1.807) is 48.5 Å². The van der Waals surface area contributed by atoms with Crippen molar-refractivity contribution in [3.8, 4) is 5.75 Å². The maximum absolute atomic E-state index is 14.5. The van der Waals surface area contributed by atoms with E-state index in [0.717, 1.165) is 14.8 Å². The first kappa shape index (κ1) is 35.5. The van der Waals surface area contributed by atoms with Gasteiger partial charge in [0.2, 0.25) is 11.8 Å². The average Bonchev–Trinajstić information content (AvgIpc) is 3.06. The zero-order valence-electron chi connectivity index (χ0n) is 26.9. The van der Waals surface area contributed by atoms with Crippen LogP contribution in [0.4, 0.5) is 10.1 Å². The van der Waals surface area contributed by atoms with E-state index in [0.29, 0.717) is 17.9 Å². The molecule has 0 saturated heterocycles. The Labute approximate surface area is 281 Å². The third kappa shape index (κ3) is 9.59. The van der Waals surface area contributed by atoms with Crippen molar-refractivity contribution >= 4 is 39.3 Å². The number of rotatable bonds is 15. The van der Waals surface area contributed by atoms with Crippen molar-refractivity contribution in [1.82, 2.24) is 10.2 Å². The van der Waals surface area contributed by atoms with E-state index in [1.165, 1.54) is 40.9 Å². The predicted octanol–water partition coefficient (Wildman–Crippen LogP) is 6.31. The van der Waals surface area contributed by atoms with Crippen molar-refractivity contribution in [3.05, 3.63) is 120 Å². The molecule has 11 heteroatoms. The Morgan fingerprint density at radius 2 is 1.51 bits per heavy atom. The van der Waals surface area contributed by atoms with Crippen LogP contribution in [0.3, 0.4) is 0 Å². The fraction of sp³-hybridized carbons (Fsp3) is 0.278. The van der Waals surface area contributed by atoms with E-state index >= 15 is 0 Å². The van der Waals surface area contributed by atoms with Gasteiger partial charge in [0.15, 0.2) is 0 Å². The second-order valence-corrected chi connectivity index (χ2v) is 13.9. The van der Waals surface area contributed by atoms with E-state index in [2.05, 4.69) is 5.32 Å². The number of hydrogen-bond donors (Lipinski definition) is 1. The molecule has 4 aromatic carbocycles. The van der Waals surface area contributed by atoms with Crippen LogP contribution >= 0.6 is 11.8 Å². The molecule has 1 N–H and O–H groups in total. The van der Waals surface area contributed by atoms with Gasteiger partial charge in [0, 0.05) is 23.9 Å². The lowest BCUT2D eigenvalue weighted by molar-refractivity contribution is -0.140. The van der Waals surface area contributed by atoms with Gasteiger partial charge in [0.05, 0.1) is 17.2 Å². The number of benzene rings is 4. The van der Waals surface area contributed by atoms with Gasteiger partial charge in [-0.25, -0.2) is 12.8 Å². The topological polar surface area (TPSA) is 96.0 Å². The standard InChI is InChI=1S/C36H40FN3O5S2/c1-5-45-31-17-15-30(16-18-31)40(47(43,44)33-21-19-32(46-4)20-22-33)25-35(41)39(24-28-11-13-29(37)14-12-28)34(36(42)38-26(2)3)23-27-9-7-6-8-10-27/h6-22,26,34H,5,23-25H2,1-4H3,(H,38,42)/t34-/m1/s1. The molecular formula is C36H40FN3O5S2. The van der Waals surface area contributed by atoms with Gasteiger partial charge in [-0.2, -0.15) is 0 Å². The Kier molecular flexibility index (Phi) is 12.4. The summed E-state index contributed by atoms with van der Waals surface area (Å²) in [6.45, 7) is 5.28. The zero-order chi connectivity index (χ0) is 34.0. The summed E-state index contributed by atoms with van der Waals surface area (Å²) in [5.41, 5.74) is 1.65. The number of ether oxygens (including phenoxy) is 1. The van der Waals surface area contributed by atoms with Crippen LogP contribution < -0.4 is 14.4 Å². The van der Waals surface area contributed by atoms with E-state index in [1.807, 2.05) is 57.4 Å². The number of sulfonamides is 1. The molecule has 2 amide bonds. The van der Waals surface area contributed by atoms with Crippen LogP contribution in [0.2, 0.25) is 0 Å². The molecule has 4 aromatic rings. The maximum atomic E-state index is 14.5. The normalized spacial score (nSPS) is 12.0. The number of carbonyl (C=O) groups is 2. The van der Waals surface area contributed by atoms with Crippen molar-refractivity contribution < 1.29 is 27.1 Å². The molecule has 8 nitrogen and oxygen atoms in total. The largest absolute Gasteiger partial charge is 0.494 e. The molecule has 0 aliphatic carbocycles. The Morgan fingerprint density at radius 1 is 0.872 bits per heavy atom. The summed E-state index contributed by atoms with van der Waals surface area (Å²) in [4.78, 5) is 30.6. The predicted molar refractivity (Wildman–Crippen MR) is 185 cm³/mol. The van der Waals surface area contributed by atoms with Crippen molar-refractivity contribution in [3.63, 3.8) is 0 Å². The Bertz CT molecular complexity index is 1720. The van der Waals surface area contributed by atoms with Crippen molar-refractivity contribution in [1.29, 1.82) is 0 Å². The summed E-state index contributed by atoms with van der Waals surface area (Å²) >= 11 is 1.48. The molecule has 0 unspecified atom stereocenters. The third-order valence-electron chi connectivity index (χ3n) is 7.33. The minimum absolute atomic E-state index is 0.0143. The van der Waals surface area contributed by atoms with Gasteiger partial charge < -0.3 is 15.0 Å². The van der Waals surface area contributed by atoms with Gasteiger partial charge in [-0.15, -0.1) is 11.8 Å². The molecular weight excluding hydrogens is 638 g/mol. The molecule has 0 aliphatic rings. The quantitative estimate of drug-likeness (QED) is 0.148. The molecule has 47 heavy (non-hydrogen) atoms. The highest BCUT2D eigenvalue weighted by molar-refractivity contribution is 7.98. The van der Waals surface area contributed by atoms with Crippen molar-refractivity contribution in [2.24, 2.45) is 0 Å². The highest BCUT2D eigenvalue weighted by Gasteiger charge is 2.35. The molecule has 0 radical (unpaired) electrons. The number of amides is 2. The molecule has 0 heterocycles. The van der Waals surface area contributed by atoms with Crippen LogP contribution in [-0.2, 0) is 32.6 Å². The monoisotopic (exact) mass is 677 g/mol. The molecule has 0 bridgehead atoms. The Morgan fingerprint density at radius 3 is 2.09 bits per heavy atom. The second kappa shape index (κ2) is 16.5. The van der Waals surface area contributed by atoms with Gasteiger partial charge in [-0.1, -0.05) is 42.5 Å². The summed E-state index contributed by atoms with van der Waals surface area (Å²) in [5.74, 6) is -0.879. The van der Waals surface area contributed by atoms with Crippen LogP contribution in [0.5, 0.6) is 5.75 Å². The highest BCUT2D eigenvalue weighted by atomic mass is 32.2. The Balaban J connectivity index is 1.80. The highest BCUT2D eigenvalue weighted by Crippen LogP contribution is 2.28. The van der Waals surface area contributed by atoms with E-state index < -0.39 is 34.3 Å². The van der Waals surface area contributed by atoms with Crippen molar-refractivity contribution in [2.45, 2.75) is 55.6 Å². The van der Waals surface area contributed by atoms with Crippen LogP contribution in [0.1, 0.15) is 31.9 Å². The lowest BCUT2D eigenvalue weighted by Gasteiger charge is -2.34. The molecule has 0 spiro atoms. The molecule has 0 aromatic heterocycles. The first-order valence-corrected chi connectivity index (χ1v) is 18.0. The smallest absolute Gasteiger partial charge is 0.264 e. The zero-order valence-corrected chi connectivity index (χ0v) is 28.6. The molecule has 0 saturated carbocycles. The fourth-order valence-corrected chi connectivity index (χ4v) is 6.82. The Hall–Kier alpha value is -4.35. The number of nitrogens with one attached hydrogen (secondary N) is 1. The average molecular weight is 678 g/mol. The van der Waals surface area contributed by atoms with Crippen LogP contribution in [0.15, 0.2) is 113 Å². The van der Waals surface area contributed by atoms with E-state index in [4.69, 9.17) is 4.74 Å². The molecule has 1 atom stereocenters. The van der Waals surface area contributed by atoms with E-state index in [-0.39, 0.29) is 35.5 Å². The SMILES string of the molecule is CCOc1ccc(N(CC(=O)N(Cc2ccc(F)cc2)[C@H](Cc2ccccc2)C(=O)NC(C)C)S(=O)(=O)c2ccc(SC)cc2)cc1. The lowest BCUT2D eigenvalue weighted by Crippen LogP contribution is -2.54. The van der Waals surface area contributed by atoms with Gasteiger partial charge in [-0.3, -0.25) is 13.9 Å². The van der Waals surface area contributed by atoms with Crippen molar-refractivity contribution in [2.75, 3.05) is 23.7 Å². The van der Waals surface area contributed by atoms with Gasteiger partial charge in [0.25, 0.3) is 10.0 Å². The molecule has 0 fully saturated rings. The van der Waals surface area contributed by atoms with Crippen LogP contribution in [-0.4, -0.2) is 56.6 Å². The van der Waals surface area contributed by atoms with Crippen LogP contribution in [0.25, 0.3) is 0 Å². The van der Waals surface area contributed by atoms with Gasteiger partial charge in [0.1, 0.15) is 24.2 Å². The summed E-state index contributed by atoms with van der Waals surface area (Å²) in [6.07, 6.45) is 2.07. The fourth-order valence-electron chi connectivity index (χ4n) is 5.00. The molecule has 0 aliphatic heterocycles. The summed E-state index contributed by atoms with van der Waals surface area (Å²) in [6, 6.07) is 26.7. The number of carbonyl (C=O) groups excluding carboxylic acids is 2. The summed E-state index contributed by atoms with van der Waals surface area (Å²) in [7, 11) is -4.25. The maximum Gasteiger partial charge on any atom is 0.264 e. The summed E-state index contributed by atoms with van der Waals surface area (Å²) in [5, 5.41) is 2.92. The van der Waals surface area contributed by atoms with Gasteiger partial charge >= 0.3 is 0 Å².